The van der Waals surface area contributed by atoms with Crippen molar-refractivity contribution < 1.29 is 28.5 Å². The molecule has 1 atom stereocenters. The van der Waals surface area contributed by atoms with Gasteiger partial charge in [-0.3, -0.25) is 9.36 Å². The van der Waals surface area contributed by atoms with Gasteiger partial charge < -0.3 is 23.7 Å². The van der Waals surface area contributed by atoms with Crippen LogP contribution in [-0.2, 0) is 16.1 Å². The number of esters is 1. The smallest absolute Gasteiger partial charge is 0.338 e. The maximum Gasteiger partial charge on any atom is 0.338 e. The van der Waals surface area contributed by atoms with Crippen LogP contribution in [0, 0.1) is 3.57 Å². The summed E-state index contributed by atoms with van der Waals surface area (Å²) in [6, 6.07) is 13.8. The summed E-state index contributed by atoms with van der Waals surface area (Å²) < 4.78 is 31.6. The van der Waals surface area contributed by atoms with Crippen LogP contribution < -0.4 is 33.8 Å². The predicted octanol–water partition coefficient (Wildman–Crippen LogP) is 6.42. The quantitative estimate of drug-likeness (QED) is 0.134. The minimum atomic E-state index is -0.843. The van der Waals surface area contributed by atoms with Gasteiger partial charge in [-0.2, -0.15) is 0 Å². The average molecular weight is 840 g/mol. The molecule has 4 aromatic rings. The van der Waals surface area contributed by atoms with Gasteiger partial charge in [-0.25, -0.2) is 9.79 Å². The van der Waals surface area contributed by atoms with Crippen molar-refractivity contribution in [3.8, 4) is 23.0 Å². The second-order valence-electron chi connectivity index (χ2n) is 9.98. The Morgan fingerprint density at radius 2 is 1.74 bits per heavy atom. The average Bonchev–Trinajstić information content (AvgIpc) is 3.33. The number of hydrogen-bond acceptors (Lipinski definition) is 9. The zero-order valence-corrected chi connectivity index (χ0v) is 30.8. The molecular weight excluding hydrogens is 811 g/mol. The fraction of sp³-hybridized carbons (Fsp3) is 0.242. The van der Waals surface area contributed by atoms with Gasteiger partial charge in [0.25, 0.3) is 5.56 Å². The molecule has 0 fully saturated rings. The maximum atomic E-state index is 14.2. The van der Waals surface area contributed by atoms with E-state index in [9.17, 15) is 9.59 Å². The standard InChI is InChI=1S/C33H29BrClIN2O7S/c1-6-44-32(40)28-17(2)37-33-38(29(28)21-14-24(41-3)25(42-4)15-22(21)34)31(39)27(46-33)13-19-11-23(36)30(26(12-19)43-5)45-16-18-7-9-20(35)10-8-18/h7-15,29H,6,16H2,1-5H3/b27-13-/t29-/m1/s1. The molecule has 9 nitrogen and oxygen atoms in total. The Kier molecular flexibility index (Phi) is 10.8. The second-order valence-corrected chi connectivity index (χ2v) is 13.4. The van der Waals surface area contributed by atoms with Crippen LogP contribution in [0.15, 0.2) is 74.1 Å². The Bertz CT molecular complexity index is 2030. The molecule has 13 heteroatoms. The number of thiazole rings is 1. The van der Waals surface area contributed by atoms with Crippen molar-refractivity contribution in [3.05, 3.63) is 109 Å². The van der Waals surface area contributed by atoms with Gasteiger partial charge in [-0.05, 0) is 95.6 Å². The van der Waals surface area contributed by atoms with E-state index in [0.29, 0.717) is 59.7 Å². The number of aromatic nitrogens is 1. The number of carbonyl (C=O) groups excluding carboxylic acids is 1. The van der Waals surface area contributed by atoms with E-state index in [0.717, 1.165) is 14.7 Å². The van der Waals surface area contributed by atoms with Crippen LogP contribution in [0.3, 0.4) is 0 Å². The van der Waals surface area contributed by atoms with E-state index in [1.54, 1.807) is 39.2 Å². The molecule has 0 saturated heterocycles. The van der Waals surface area contributed by atoms with Gasteiger partial charge in [0.1, 0.15) is 6.61 Å². The highest BCUT2D eigenvalue weighted by molar-refractivity contribution is 14.1. The highest BCUT2D eigenvalue weighted by atomic mass is 127. The fourth-order valence-electron chi connectivity index (χ4n) is 5.02. The summed E-state index contributed by atoms with van der Waals surface area (Å²) in [6.07, 6.45) is 1.78. The third kappa shape index (κ3) is 6.85. The van der Waals surface area contributed by atoms with Crippen molar-refractivity contribution in [1.29, 1.82) is 0 Å². The summed E-state index contributed by atoms with van der Waals surface area (Å²) in [4.78, 5) is 32.6. The number of rotatable bonds is 10. The SMILES string of the molecule is CCOC(=O)C1=C(C)N=c2s/c(=C\c3cc(I)c(OCc4ccc(Cl)cc4)c(OC)c3)c(=O)n2[C@@H]1c1cc(OC)c(OC)cc1Br. The number of ether oxygens (including phenoxy) is 5. The molecule has 5 rings (SSSR count). The molecule has 0 unspecified atom stereocenters. The largest absolute Gasteiger partial charge is 0.493 e. The van der Waals surface area contributed by atoms with Gasteiger partial charge in [-0.15, -0.1) is 0 Å². The third-order valence-corrected chi connectivity index (χ3v) is 9.88. The lowest BCUT2D eigenvalue weighted by molar-refractivity contribution is -0.139. The van der Waals surface area contributed by atoms with E-state index in [1.807, 2.05) is 36.4 Å². The van der Waals surface area contributed by atoms with E-state index in [4.69, 9.17) is 35.3 Å². The molecule has 240 valence electrons. The Hall–Kier alpha value is -3.33. The number of methoxy groups -OCH3 is 3. The topological polar surface area (TPSA) is 97.6 Å². The van der Waals surface area contributed by atoms with Crippen LogP contribution in [-0.4, -0.2) is 38.5 Å². The van der Waals surface area contributed by atoms with Crippen molar-refractivity contribution in [2.75, 3.05) is 27.9 Å². The normalized spacial score (nSPS) is 14.4. The molecule has 0 spiro atoms. The lowest BCUT2D eigenvalue weighted by Gasteiger charge is -2.26. The first kappa shape index (κ1) is 34.0. The molecule has 46 heavy (non-hydrogen) atoms. The molecule has 0 bridgehead atoms. The summed E-state index contributed by atoms with van der Waals surface area (Å²) in [5, 5.41) is 0.653. The minimum Gasteiger partial charge on any atom is -0.493 e. The Balaban J connectivity index is 1.62. The number of carbonyl (C=O) groups is 1. The molecule has 0 saturated carbocycles. The van der Waals surface area contributed by atoms with Crippen molar-refractivity contribution in [1.82, 2.24) is 4.57 Å². The summed E-state index contributed by atoms with van der Waals surface area (Å²) >= 11 is 13.1. The van der Waals surface area contributed by atoms with Crippen LogP contribution in [0.1, 0.15) is 36.6 Å². The summed E-state index contributed by atoms with van der Waals surface area (Å²) in [7, 11) is 4.63. The predicted molar refractivity (Wildman–Crippen MR) is 189 cm³/mol. The van der Waals surface area contributed by atoms with Crippen LogP contribution >= 0.6 is 61.5 Å². The molecule has 0 N–H and O–H groups in total. The zero-order chi connectivity index (χ0) is 33.1. The van der Waals surface area contributed by atoms with Gasteiger partial charge in [0.15, 0.2) is 27.8 Å². The number of fused-ring (bicyclic) bond motifs is 1. The number of halogens is 3. The summed E-state index contributed by atoms with van der Waals surface area (Å²) in [6.45, 7) is 3.96. The second kappa shape index (κ2) is 14.6. The number of nitrogens with zero attached hydrogens (tertiary/aromatic N) is 2. The number of hydrogen-bond donors (Lipinski definition) is 0. The van der Waals surface area contributed by atoms with E-state index < -0.39 is 12.0 Å². The van der Waals surface area contributed by atoms with Gasteiger partial charge in [0.2, 0.25) is 0 Å². The van der Waals surface area contributed by atoms with Gasteiger partial charge in [-0.1, -0.05) is 51.0 Å². The first-order chi connectivity index (χ1) is 22.1. The first-order valence-corrected chi connectivity index (χ1v) is 17.0. The highest BCUT2D eigenvalue weighted by Crippen LogP contribution is 2.41. The lowest BCUT2D eigenvalue weighted by Crippen LogP contribution is -2.40. The zero-order valence-electron chi connectivity index (χ0n) is 25.5. The first-order valence-electron chi connectivity index (χ1n) is 14.0. The Morgan fingerprint density at radius 1 is 1.07 bits per heavy atom. The van der Waals surface area contributed by atoms with Crippen LogP contribution in [0.5, 0.6) is 23.0 Å². The van der Waals surface area contributed by atoms with Crippen LogP contribution in [0.25, 0.3) is 6.08 Å². The van der Waals surface area contributed by atoms with E-state index in [-0.39, 0.29) is 17.7 Å². The Labute approximate surface area is 296 Å². The van der Waals surface area contributed by atoms with Gasteiger partial charge >= 0.3 is 5.97 Å². The monoisotopic (exact) mass is 838 g/mol. The van der Waals surface area contributed by atoms with Crippen molar-refractivity contribution in [3.63, 3.8) is 0 Å². The van der Waals surface area contributed by atoms with Crippen LogP contribution in [0.2, 0.25) is 5.02 Å². The van der Waals surface area contributed by atoms with E-state index >= 15 is 0 Å². The van der Waals surface area contributed by atoms with Crippen LogP contribution in [0.4, 0.5) is 0 Å². The third-order valence-electron chi connectivity index (χ3n) is 7.16. The van der Waals surface area contributed by atoms with Crippen molar-refractivity contribution in [2.45, 2.75) is 26.5 Å². The van der Waals surface area contributed by atoms with Gasteiger partial charge in [0, 0.05) is 9.50 Å². The molecule has 0 radical (unpaired) electrons. The molecule has 1 aliphatic rings. The molecule has 3 aromatic carbocycles. The molecule has 0 aliphatic carbocycles. The molecule has 0 amide bonds. The lowest BCUT2D eigenvalue weighted by atomic mass is 9.95. The van der Waals surface area contributed by atoms with E-state index in [1.165, 1.54) is 30.1 Å². The molecular formula is C33H29BrClIN2O7S. The molecule has 1 aliphatic heterocycles. The minimum absolute atomic E-state index is 0.166. The van der Waals surface area contributed by atoms with Crippen molar-refractivity contribution >= 4 is 73.5 Å². The van der Waals surface area contributed by atoms with E-state index in [2.05, 4.69) is 43.5 Å². The molecule has 1 aromatic heterocycles. The van der Waals surface area contributed by atoms with Gasteiger partial charge in [0.05, 0.1) is 53.4 Å². The van der Waals surface area contributed by atoms with Crippen molar-refractivity contribution in [2.24, 2.45) is 4.99 Å². The maximum absolute atomic E-state index is 14.2. The highest BCUT2D eigenvalue weighted by Gasteiger charge is 2.35. The molecule has 2 heterocycles. The Morgan fingerprint density at radius 3 is 2.39 bits per heavy atom. The number of benzene rings is 3. The number of allylic oxidation sites excluding steroid dienone is 1. The fourth-order valence-corrected chi connectivity index (χ4v) is 7.51. The summed E-state index contributed by atoms with van der Waals surface area (Å²) in [5.74, 6) is 1.49. The summed E-state index contributed by atoms with van der Waals surface area (Å²) in [5.41, 5.74) is 2.70.